The molecule has 0 radical (unpaired) electrons. The van der Waals surface area contributed by atoms with Crippen molar-refractivity contribution < 1.29 is 4.74 Å². The van der Waals surface area contributed by atoms with E-state index in [-0.39, 0.29) is 0 Å². The smallest absolute Gasteiger partial charge is 0.225 e. The zero-order chi connectivity index (χ0) is 23.5. The molecule has 2 N–H and O–H groups in total. The summed E-state index contributed by atoms with van der Waals surface area (Å²) in [5.41, 5.74) is 2.30. The van der Waals surface area contributed by atoms with Crippen LogP contribution >= 0.6 is 0 Å². The molecule has 1 aliphatic rings. The molecule has 5 rings (SSSR count). The first kappa shape index (κ1) is 22.4. The van der Waals surface area contributed by atoms with Gasteiger partial charge in [0.05, 0.1) is 12.6 Å². The fraction of sp³-hybridized carbons (Fsp3) is 0.357. The predicted octanol–water partition coefficient (Wildman–Crippen LogP) is 5.37. The van der Waals surface area contributed by atoms with Crippen LogP contribution in [0.5, 0.6) is 5.75 Å². The quantitative estimate of drug-likeness (QED) is 0.391. The number of fused-ring (bicyclic) bond motifs is 2. The summed E-state index contributed by atoms with van der Waals surface area (Å²) in [6.45, 7) is 0.894. The van der Waals surface area contributed by atoms with E-state index in [4.69, 9.17) is 14.7 Å². The average molecular weight is 456 g/mol. The van der Waals surface area contributed by atoms with E-state index in [1.807, 2.05) is 32.3 Å². The minimum absolute atomic E-state index is 0.407. The molecule has 0 atom stereocenters. The molecule has 1 heterocycles. The predicted molar refractivity (Wildman–Crippen MR) is 141 cm³/mol. The first-order valence-electron chi connectivity index (χ1n) is 12.1. The highest BCUT2D eigenvalue weighted by Crippen LogP contribution is 2.27. The zero-order valence-corrected chi connectivity index (χ0v) is 20.2. The molecule has 1 fully saturated rings. The van der Waals surface area contributed by atoms with Gasteiger partial charge in [0.2, 0.25) is 5.95 Å². The number of hydrogen-bond acceptors (Lipinski definition) is 6. The van der Waals surface area contributed by atoms with Gasteiger partial charge >= 0.3 is 0 Å². The third kappa shape index (κ3) is 4.92. The molecule has 34 heavy (non-hydrogen) atoms. The molecule has 1 saturated carbocycles. The first-order chi connectivity index (χ1) is 16.6. The number of methoxy groups -OCH3 is 1. The van der Waals surface area contributed by atoms with E-state index in [0.717, 1.165) is 60.6 Å². The first-order valence-corrected chi connectivity index (χ1v) is 12.1. The van der Waals surface area contributed by atoms with E-state index >= 15 is 0 Å². The van der Waals surface area contributed by atoms with Crippen LogP contribution < -0.4 is 20.3 Å². The average Bonchev–Trinajstić information content (AvgIpc) is 2.87. The fourth-order valence-electron chi connectivity index (χ4n) is 4.86. The number of nitrogens with zero attached hydrogens (tertiary/aromatic N) is 3. The lowest BCUT2D eigenvalue weighted by Gasteiger charge is -2.30. The number of aromatic nitrogens is 2. The lowest BCUT2D eigenvalue weighted by molar-refractivity contribution is 0.352. The van der Waals surface area contributed by atoms with Crippen molar-refractivity contribution in [1.29, 1.82) is 0 Å². The summed E-state index contributed by atoms with van der Waals surface area (Å²) in [6, 6.07) is 22.1. The highest BCUT2D eigenvalue weighted by Gasteiger charge is 2.22. The molecule has 0 aliphatic heterocycles. The van der Waals surface area contributed by atoms with Crippen molar-refractivity contribution in [3.8, 4) is 5.75 Å². The zero-order valence-electron chi connectivity index (χ0n) is 20.2. The van der Waals surface area contributed by atoms with Crippen molar-refractivity contribution >= 4 is 33.4 Å². The molecular formula is C28H33N5O. The molecular weight excluding hydrogens is 422 g/mol. The van der Waals surface area contributed by atoms with Crippen LogP contribution in [-0.4, -0.2) is 43.3 Å². The van der Waals surface area contributed by atoms with Crippen molar-refractivity contribution in [2.45, 2.75) is 44.3 Å². The van der Waals surface area contributed by atoms with Gasteiger partial charge in [0.25, 0.3) is 0 Å². The number of ether oxygens (including phenoxy) is 1. The minimum atomic E-state index is 0.407. The Kier molecular flexibility index (Phi) is 6.50. The Balaban J connectivity index is 1.17. The third-order valence-corrected chi connectivity index (χ3v) is 6.77. The second-order valence-electron chi connectivity index (χ2n) is 9.40. The summed E-state index contributed by atoms with van der Waals surface area (Å²) in [5.74, 6) is 2.58. The summed E-state index contributed by atoms with van der Waals surface area (Å²) in [6.07, 6.45) is 4.53. The number of anilines is 2. The molecule has 0 spiro atoms. The van der Waals surface area contributed by atoms with E-state index in [2.05, 4.69) is 58.0 Å². The van der Waals surface area contributed by atoms with Gasteiger partial charge < -0.3 is 20.3 Å². The van der Waals surface area contributed by atoms with Crippen LogP contribution in [0, 0.1) is 0 Å². The molecule has 1 aliphatic carbocycles. The molecule has 0 bridgehead atoms. The number of benzene rings is 3. The Morgan fingerprint density at radius 2 is 1.62 bits per heavy atom. The Labute approximate surface area is 201 Å². The standard InChI is InChI=1S/C28H33N5O/c1-33(2)27-25-6-4-5-7-26(25)31-28(32-27)30-23-13-11-22(12-14-23)29-18-19-8-9-21-17-24(34-3)15-10-20(21)16-19/h4-10,15-17,22-23,29H,11-14,18H2,1-3H3,(H,30,31,32). The summed E-state index contributed by atoms with van der Waals surface area (Å²) >= 11 is 0. The Hall–Kier alpha value is -3.38. The highest BCUT2D eigenvalue weighted by atomic mass is 16.5. The van der Waals surface area contributed by atoms with Gasteiger partial charge in [-0.3, -0.25) is 0 Å². The van der Waals surface area contributed by atoms with Crippen molar-refractivity contribution in [1.82, 2.24) is 15.3 Å². The second kappa shape index (κ2) is 9.85. The van der Waals surface area contributed by atoms with Gasteiger partial charge in [0.15, 0.2) is 0 Å². The SMILES string of the molecule is COc1ccc2cc(CNC3CCC(Nc4nc(N(C)C)c5ccccc5n4)CC3)ccc2c1. The summed E-state index contributed by atoms with van der Waals surface area (Å²) in [5, 5.41) is 10.9. The normalized spacial score (nSPS) is 18.2. The van der Waals surface area contributed by atoms with E-state index in [0.29, 0.717) is 12.1 Å². The summed E-state index contributed by atoms with van der Waals surface area (Å²) in [7, 11) is 5.77. The van der Waals surface area contributed by atoms with Gasteiger partial charge in [-0.1, -0.05) is 30.3 Å². The second-order valence-corrected chi connectivity index (χ2v) is 9.40. The van der Waals surface area contributed by atoms with Gasteiger partial charge in [0.1, 0.15) is 11.6 Å². The number of nitrogens with one attached hydrogen (secondary N) is 2. The van der Waals surface area contributed by atoms with E-state index in [9.17, 15) is 0 Å². The lowest BCUT2D eigenvalue weighted by Crippen LogP contribution is -2.37. The van der Waals surface area contributed by atoms with Crippen molar-refractivity contribution in [3.63, 3.8) is 0 Å². The summed E-state index contributed by atoms with van der Waals surface area (Å²) in [4.78, 5) is 11.6. The molecule has 6 nitrogen and oxygen atoms in total. The lowest BCUT2D eigenvalue weighted by atomic mass is 9.91. The maximum Gasteiger partial charge on any atom is 0.225 e. The fourth-order valence-corrected chi connectivity index (χ4v) is 4.86. The number of hydrogen-bond donors (Lipinski definition) is 2. The van der Waals surface area contributed by atoms with Crippen LogP contribution in [-0.2, 0) is 6.54 Å². The van der Waals surface area contributed by atoms with Crippen LogP contribution in [0.4, 0.5) is 11.8 Å². The van der Waals surface area contributed by atoms with Crippen LogP contribution in [0.3, 0.4) is 0 Å². The summed E-state index contributed by atoms with van der Waals surface area (Å²) < 4.78 is 5.33. The molecule has 4 aromatic rings. The van der Waals surface area contributed by atoms with Crippen molar-refractivity contribution in [2.75, 3.05) is 31.4 Å². The Morgan fingerprint density at radius 3 is 2.41 bits per heavy atom. The van der Waals surface area contributed by atoms with E-state index in [1.54, 1.807) is 7.11 Å². The molecule has 1 aromatic heterocycles. The van der Waals surface area contributed by atoms with Crippen molar-refractivity contribution in [2.24, 2.45) is 0 Å². The minimum Gasteiger partial charge on any atom is -0.497 e. The van der Waals surface area contributed by atoms with Gasteiger partial charge in [-0.15, -0.1) is 0 Å². The number of rotatable bonds is 7. The Morgan fingerprint density at radius 1 is 0.882 bits per heavy atom. The van der Waals surface area contributed by atoms with Crippen LogP contribution in [0.25, 0.3) is 21.7 Å². The van der Waals surface area contributed by atoms with E-state index < -0.39 is 0 Å². The molecule has 0 unspecified atom stereocenters. The molecule has 6 heteroatoms. The molecule has 0 amide bonds. The van der Waals surface area contributed by atoms with Gasteiger partial charge in [-0.25, -0.2) is 4.98 Å². The van der Waals surface area contributed by atoms with Crippen LogP contribution in [0.1, 0.15) is 31.2 Å². The maximum atomic E-state index is 5.33. The van der Waals surface area contributed by atoms with Gasteiger partial charge in [-0.2, -0.15) is 4.98 Å². The monoisotopic (exact) mass is 455 g/mol. The molecule has 3 aromatic carbocycles. The third-order valence-electron chi connectivity index (χ3n) is 6.77. The van der Waals surface area contributed by atoms with Crippen LogP contribution in [0.15, 0.2) is 60.7 Å². The Bertz CT molecular complexity index is 1280. The van der Waals surface area contributed by atoms with Crippen molar-refractivity contribution in [3.05, 3.63) is 66.2 Å². The maximum absolute atomic E-state index is 5.33. The van der Waals surface area contributed by atoms with Crippen LogP contribution in [0.2, 0.25) is 0 Å². The van der Waals surface area contributed by atoms with E-state index in [1.165, 1.54) is 16.3 Å². The molecule has 0 saturated heterocycles. The largest absolute Gasteiger partial charge is 0.497 e. The van der Waals surface area contributed by atoms with Gasteiger partial charge in [0, 0.05) is 38.1 Å². The molecule has 176 valence electrons. The number of para-hydroxylation sites is 1. The van der Waals surface area contributed by atoms with Gasteiger partial charge in [-0.05, 0) is 72.4 Å². The highest BCUT2D eigenvalue weighted by molar-refractivity contribution is 5.90. The topological polar surface area (TPSA) is 62.3 Å².